The minimum atomic E-state index is -0.929. The SMILES string of the molecule is CC(=O)NCC12CC(C)(C1)OC2C(=O)O. The van der Waals surface area contributed by atoms with Crippen LogP contribution in [-0.2, 0) is 14.3 Å². The van der Waals surface area contributed by atoms with Gasteiger partial charge in [-0.1, -0.05) is 0 Å². The molecule has 3 fully saturated rings. The maximum Gasteiger partial charge on any atom is 0.333 e. The number of hydrogen-bond donors (Lipinski definition) is 2. The second-order valence-electron chi connectivity index (χ2n) is 4.91. The molecule has 5 nitrogen and oxygen atoms in total. The van der Waals surface area contributed by atoms with Gasteiger partial charge in [-0.25, -0.2) is 4.79 Å². The number of fused-ring (bicyclic) bond motifs is 1. The summed E-state index contributed by atoms with van der Waals surface area (Å²) in [6.45, 7) is 3.75. The first-order valence-electron chi connectivity index (χ1n) is 5.02. The van der Waals surface area contributed by atoms with E-state index in [1.165, 1.54) is 6.92 Å². The van der Waals surface area contributed by atoms with Crippen LogP contribution in [0, 0.1) is 5.41 Å². The van der Waals surface area contributed by atoms with Crippen LogP contribution in [-0.4, -0.2) is 35.2 Å². The zero-order valence-electron chi connectivity index (χ0n) is 8.87. The van der Waals surface area contributed by atoms with Crippen LogP contribution in [0.2, 0.25) is 0 Å². The number of carboxylic acids is 1. The van der Waals surface area contributed by atoms with Crippen LogP contribution >= 0.6 is 0 Å². The molecule has 1 unspecified atom stereocenters. The van der Waals surface area contributed by atoms with Gasteiger partial charge in [0.15, 0.2) is 6.10 Å². The lowest BCUT2D eigenvalue weighted by Crippen LogP contribution is -2.51. The number of amides is 1. The average molecular weight is 213 g/mol. The molecule has 1 atom stereocenters. The number of aliphatic carboxylic acids is 1. The summed E-state index contributed by atoms with van der Waals surface area (Å²) in [5, 5.41) is 11.7. The largest absolute Gasteiger partial charge is 0.479 e. The molecular formula is C10H15NO4. The Bertz CT molecular complexity index is 319. The molecule has 1 saturated carbocycles. The fourth-order valence-electron chi connectivity index (χ4n) is 2.95. The number of hydrogen-bond acceptors (Lipinski definition) is 3. The summed E-state index contributed by atoms with van der Waals surface area (Å²) in [5.41, 5.74) is -0.673. The second kappa shape index (κ2) is 2.95. The minimum absolute atomic E-state index is 0.131. The van der Waals surface area contributed by atoms with Gasteiger partial charge in [0.1, 0.15) is 0 Å². The highest BCUT2D eigenvalue weighted by Gasteiger charge is 2.67. The van der Waals surface area contributed by atoms with Crippen LogP contribution < -0.4 is 5.32 Å². The molecule has 2 N–H and O–H groups in total. The Morgan fingerprint density at radius 2 is 2.13 bits per heavy atom. The lowest BCUT2D eigenvalue weighted by molar-refractivity contribution is -0.151. The highest BCUT2D eigenvalue weighted by molar-refractivity contribution is 5.76. The predicted molar refractivity (Wildman–Crippen MR) is 51.3 cm³/mol. The number of ether oxygens (including phenoxy) is 1. The highest BCUT2D eigenvalue weighted by atomic mass is 16.5. The van der Waals surface area contributed by atoms with Crippen molar-refractivity contribution < 1.29 is 19.4 Å². The van der Waals surface area contributed by atoms with Crippen molar-refractivity contribution in [1.29, 1.82) is 0 Å². The first kappa shape index (κ1) is 10.4. The number of rotatable bonds is 3. The van der Waals surface area contributed by atoms with Crippen molar-refractivity contribution in [2.75, 3.05) is 6.54 Å². The van der Waals surface area contributed by atoms with Crippen molar-refractivity contribution in [3.63, 3.8) is 0 Å². The van der Waals surface area contributed by atoms with Gasteiger partial charge in [0, 0.05) is 18.9 Å². The van der Waals surface area contributed by atoms with Gasteiger partial charge in [0.25, 0.3) is 0 Å². The first-order valence-corrected chi connectivity index (χ1v) is 5.02. The van der Waals surface area contributed by atoms with E-state index in [4.69, 9.17) is 9.84 Å². The fourth-order valence-corrected chi connectivity index (χ4v) is 2.95. The number of carboxylic acid groups (broad SMARTS) is 1. The van der Waals surface area contributed by atoms with E-state index >= 15 is 0 Å². The van der Waals surface area contributed by atoms with Gasteiger partial charge < -0.3 is 15.2 Å². The molecule has 2 aliphatic heterocycles. The van der Waals surface area contributed by atoms with Crippen molar-refractivity contribution >= 4 is 11.9 Å². The third-order valence-electron chi connectivity index (χ3n) is 3.32. The first-order chi connectivity index (χ1) is 6.87. The monoisotopic (exact) mass is 213 g/mol. The third-order valence-corrected chi connectivity index (χ3v) is 3.32. The second-order valence-corrected chi connectivity index (χ2v) is 4.91. The van der Waals surface area contributed by atoms with E-state index in [2.05, 4.69) is 5.32 Å². The van der Waals surface area contributed by atoms with E-state index < -0.39 is 12.1 Å². The van der Waals surface area contributed by atoms with Crippen LogP contribution in [0.25, 0.3) is 0 Å². The van der Waals surface area contributed by atoms with E-state index in [1.807, 2.05) is 6.92 Å². The fraction of sp³-hybridized carbons (Fsp3) is 0.800. The van der Waals surface area contributed by atoms with E-state index in [9.17, 15) is 9.59 Å². The molecule has 1 aliphatic carbocycles. The quantitative estimate of drug-likeness (QED) is 0.699. The van der Waals surface area contributed by atoms with Gasteiger partial charge in [0.2, 0.25) is 5.91 Å². The molecule has 0 spiro atoms. The summed E-state index contributed by atoms with van der Waals surface area (Å²) in [7, 11) is 0. The minimum Gasteiger partial charge on any atom is -0.479 e. The predicted octanol–water partition coefficient (Wildman–Crippen LogP) is 0.145. The molecule has 1 amide bonds. The van der Waals surface area contributed by atoms with E-state index in [0.717, 1.165) is 12.8 Å². The molecule has 5 heteroatoms. The Balaban J connectivity index is 2.08. The van der Waals surface area contributed by atoms with Crippen molar-refractivity contribution in [1.82, 2.24) is 5.32 Å². The Hall–Kier alpha value is -1.10. The Morgan fingerprint density at radius 1 is 1.53 bits per heavy atom. The average Bonchev–Trinajstić information content (AvgIpc) is 2.50. The molecule has 15 heavy (non-hydrogen) atoms. The van der Waals surface area contributed by atoms with E-state index in [0.29, 0.717) is 6.54 Å². The molecule has 0 radical (unpaired) electrons. The number of carbonyl (C=O) groups excluding carboxylic acids is 1. The van der Waals surface area contributed by atoms with Crippen molar-refractivity contribution in [3.05, 3.63) is 0 Å². The van der Waals surface area contributed by atoms with Crippen molar-refractivity contribution in [2.45, 2.75) is 38.4 Å². The number of nitrogens with one attached hydrogen (secondary N) is 1. The lowest BCUT2D eigenvalue weighted by atomic mass is 9.60. The standard InChI is InChI=1S/C10H15NO4/c1-6(12)11-5-10-3-9(2,4-10)15-7(10)8(13)14/h7H,3-5H2,1-2H3,(H,11,12)(H,13,14). The molecule has 0 aromatic carbocycles. The summed E-state index contributed by atoms with van der Waals surface area (Å²) < 4.78 is 5.47. The Morgan fingerprint density at radius 3 is 2.60 bits per heavy atom. The van der Waals surface area contributed by atoms with E-state index in [-0.39, 0.29) is 16.9 Å². The van der Waals surface area contributed by atoms with Crippen molar-refractivity contribution in [2.24, 2.45) is 5.41 Å². The van der Waals surface area contributed by atoms with Gasteiger partial charge >= 0.3 is 5.97 Å². The van der Waals surface area contributed by atoms with Crippen molar-refractivity contribution in [3.8, 4) is 0 Å². The van der Waals surface area contributed by atoms with Crippen LogP contribution in [0.4, 0.5) is 0 Å². The summed E-state index contributed by atoms with van der Waals surface area (Å²) in [5.74, 6) is -1.06. The molecule has 3 aliphatic rings. The zero-order chi connectivity index (χ0) is 11.3. The van der Waals surface area contributed by atoms with Gasteiger partial charge in [-0.2, -0.15) is 0 Å². The molecule has 2 saturated heterocycles. The van der Waals surface area contributed by atoms with Crippen LogP contribution in [0.1, 0.15) is 26.7 Å². The van der Waals surface area contributed by atoms with Crippen LogP contribution in [0.5, 0.6) is 0 Å². The van der Waals surface area contributed by atoms with Crippen LogP contribution in [0.15, 0.2) is 0 Å². The van der Waals surface area contributed by atoms with Gasteiger partial charge in [-0.3, -0.25) is 4.79 Å². The maximum atomic E-state index is 11.0. The molecule has 2 heterocycles. The molecule has 2 bridgehead atoms. The Labute approximate surface area is 87.8 Å². The molecule has 84 valence electrons. The lowest BCUT2D eigenvalue weighted by Gasteiger charge is -2.42. The summed E-state index contributed by atoms with van der Waals surface area (Å²) >= 11 is 0. The number of carbonyl (C=O) groups is 2. The summed E-state index contributed by atoms with van der Waals surface area (Å²) in [6.07, 6.45) is 0.670. The zero-order valence-corrected chi connectivity index (χ0v) is 8.87. The van der Waals surface area contributed by atoms with E-state index in [1.54, 1.807) is 0 Å². The molecule has 3 rings (SSSR count). The van der Waals surface area contributed by atoms with Crippen LogP contribution in [0.3, 0.4) is 0 Å². The summed E-state index contributed by atoms with van der Waals surface area (Å²) in [4.78, 5) is 21.8. The highest BCUT2D eigenvalue weighted by Crippen LogP contribution is 2.61. The van der Waals surface area contributed by atoms with Gasteiger partial charge in [-0.05, 0) is 19.8 Å². The summed E-state index contributed by atoms with van der Waals surface area (Å²) in [6, 6.07) is 0. The third kappa shape index (κ3) is 1.51. The topological polar surface area (TPSA) is 75.6 Å². The molecule has 0 aromatic heterocycles. The molecule has 0 aromatic rings. The molecular weight excluding hydrogens is 198 g/mol. The van der Waals surface area contributed by atoms with Gasteiger partial charge in [0.05, 0.1) is 5.60 Å². The normalized spacial score (nSPS) is 42.1. The Kier molecular flexibility index (Phi) is 2.05. The van der Waals surface area contributed by atoms with Gasteiger partial charge in [-0.15, -0.1) is 0 Å². The smallest absolute Gasteiger partial charge is 0.333 e. The maximum absolute atomic E-state index is 11.0.